The van der Waals surface area contributed by atoms with Gasteiger partial charge in [0.25, 0.3) is 5.91 Å². The van der Waals surface area contributed by atoms with Gasteiger partial charge in [0.05, 0.1) is 24.9 Å². The number of rotatable bonds is 4. The summed E-state index contributed by atoms with van der Waals surface area (Å²) in [7, 11) is 1.62. The molecule has 6 heteroatoms. The Morgan fingerprint density at radius 3 is 2.71 bits per heavy atom. The smallest absolute Gasteiger partial charge is 0.274 e. The van der Waals surface area contributed by atoms with Crippen LogP contribution in [-0.4, -0.2) is 51.5 Å². The van der Waals surface area contributed by atoms with Crippen LogP contribution in [-0.2, 0) is 0 Å². The number of aliphatic hydroxyl groups excluding tert-OH is 1. The Morgan fingerprint density at radius 1 is 1.29 bits per heavy atom. The summed E-state index contributed by atoms with van der Waals surface area (Å²) in [5.41, 5.74) is 1.26. The van der Waals surface area contributed by atoms with Crippen molar-refractivity contribution in [2.75, 3.05) is 13.7 Å². The van der Waals surface area contributed by atoms with Gasteiger partial charge in [-0.25, -0.2) is 4.68 Å². The Hall–Kier alpha value is -2.34. The van der Waals surface area contributed by atoms with E-state index < -0.39 is 6.10 Å². The standard InChI is InChI=1S/C18H23N3O3/c1-13(22)17-5-3-4-11-20(17)18(23)16-10-12-21(19-16)14-6-8-15(24-2)9-7-14/h6-10,12-13,17,22H,3-5,11H2,1-2H3. The van der Waals surface area contributed by atoms with Crippen molar-refractivity contribution in [1.29, 1.82) is 0 Å². The van der Waals surface area contributed by atoms with Crippen molar-refractivity contribution in [3.63, 3.8) is 0 Å². The third-order valence-corrected chi connectivity index (χ3v) is 4.51. The second-order valence-corrected chi connectivity index (χ2v) is 6.15. The van der Waals surface area contributed by atoms with E-state index in [1.54, 1.807) is 35.9 Å². The van der Waals surface area contributed by atoms with Gasteiger partial charge in [-0.05, 0) is 56.5 Å². The van der Waals surface area contributed by atoms with Crippen LogP contribution in [0.4, 0.5) is 0 Å². The summed E-state index contributed by atoms with van der Waals surface area (Å²) < 4.78 is 6.82. The van der Waals surface area contributed by atoms with E-state index in [-0.39, 0.29) is 11.9 Å². The van der Waals surface area contributed by atoms with E-state index in [1.165, 1.54) is 0 Å². The van der Waals surface area contributed by atoms with Gasteiger partial charge in [-0.15, -0.1) is 0 Å². The molecule has 2 aromatic rings. The summed E-state index contributed by atoms with van der Waals surface area (Å²) in [5, 5.41) is 14.4. The zero-order valence-corrected chi connectivity index (χ0v) is 14.1. The Morgan fingerprint density at radius 2 is 2.04 bits per heavy atom. The van der Waals surface area contributed by atoms with Gasteiger partial charge in [-0.3, -0.25) is 4.79 Å². The van der Waals surface area contributed by atoms with E-state index in [0.717, 1.165) is 30.7 Å². The molecule has 128 valence electrons. The summed E-state index contributed by atoms with van der Waals surface area (Å²) in [4.78, 5) is 14.5. The monoisotopic (exact) mass is 329 g/mol. The van der Waals surface area contributed by atoms with Gasteiger partial charge < -0.3 is 14.7 Å². The van der Waals surface area contributed by atoms with Crippen LogP contribution in [0.3, 0.4) is 0 Å². The van der Waals surface area contributed by atoms with E-state index in [9.17, 15) is 9.90 Å². The largest absolute Gasteiger partial charge is 0.497 e. The first kappa shape index (κ1) is 16.5. The van der Waals surface area contributed by atoms with E-state index in [0.29, 0.717) is 12.2 Å². The van der Waals surface area contributed by atoms with Gasteiger partial charge in [-0.2, -0.15) is 5.10 Å². The van der Waals surface area contributed by atoms with Crippen molar-refractivity contribution in [3.8, 4) is 11.4 Å². The lowest BCUT2D eigenvalue weighted by Gasteiger charge is -2.37. The van der Waals surface area contributed by atoms with Crippen LogP contribution in [0.15, 0.2) is 36.5 Å². The van der Waals surface area contributed by atoms with E-state index in [4.69, 9.17) is 4.74 Å². The van der Waals surface area contributed by atoms with Crippen LogP contribution < -0.4 is 4.74 Å². The Bertz CT molecular complexity index is 694. The Kier molecular flexibility index (Phi) is 4.85. The van der Waals surface area contributed by atoms with Gasteiger partial charge in [0, 0.05) is 12.7 Å². The molecule has 0 spiro atoms. The second-order valence-electron chi connectivity index (χ2n) is 6.15. The number of hydrogen-bond donors (Lipinski definition) is 1. The molecule has 1 amide bonds. The first-order valence-electron chi connectivity index (χ1n) is 8.29. The van der Waals surface area contributed by atoms with Crippen LogP contribution in [0.1, 0.15) is 36.7 Å². The number of aliphatic hydroxyl groups is 1. The fourth-order valence-corrected chi connectivity index (χ4v) is 3.17. The van der Waals surface area contributed by atoms with Crippen LogP contribution in [0, 0.1) is 0 Å². The maximum atomic E-state index is 12.8. The highest BCUT2D eigenvalue weighted by Crippen LogP contribution is 2.22. The van der Waals surface area contributed by atoms with Crippen molar-refractivity contribution < 1.29 is 14.6 Å². The molecule has 2 heterocycles. The zero-order valence-electron chi connectivity index (χ0n) is 14.1. The lowest BCUT2D eigenvalue weighted by atomic mass is 9.98. The third kappa shape index (κ3) is 3.28. The highest BCUT2D eigenvalue weighted by molar-refractivity contribution is 5.92. The lowest BCUT2D eigenvalue weighted by molar-refractivity contribution is 0.0276. The minimum Gasteiger partial charge on any atom is -0.497 e. The van der Waals surface area contributed by atoms with Crippen molar-refractivity contribution >= 4 is 5.91 Å². The van der Waals surface area contributed by atoms with Gasteiger partial charge in [0.15, 0.2) is 5.69 Å². The van der Waals surface area contributed by atoms with Crippen LogP contribution in [0.5, 0.6) is 5.75 Å². The topological polar surface area (TPSA) is 67.6 Å². The summed E-state index contributed by atoms with van der Waals surface area (Å²) >= 11 is 0. The highest BCUT2D eigenvalue weighted by Gasteiger charge is 2.31. The SMILES string of the molecule is COc1ccc(-n2ccc(C(=O)N3CCCCC3C(C)O)n2)cc1. The number of piperidine rings is 1. The van der Waals surface area contributed by atoms with Gasteiger partial charge >= 0.3 is 0 Å². The molecule has 2 unspecified atom stereocenters. The maximum absolute atomic E-state index is 12.8. The lowest BCUT2D eigenvalue weighted by Crippen LogP contribution is -2.49. The first-order chi connectivity index (χ1) is 11.6. The van der Waals surface area contributed by atoms with Crippen molar-refractivity contribution in [2.24, 2.45) is 0 Å². The summed E-state index contributed by atoms with van der Waals surface area (Å²) in [6, 6.07) is 9.08. The predicted octanol–water partition coefficient (Wildman–Crippen LogP) is 2.26. The number of aromatic nitrogens is 2. The molecule has 1 fully saturated rings. The quantitative estimate of drug-likeness (QED) is 0.934. The minimum atomic E-state index is -0.530. The predicted molar refractivity (Wildman–Crippen MR) is 90.5 cm³/mol. The van der Waals surface area contributed by atoms with E-state index in [2.05, 4.69) is 5.10 Å². The summed E-state index contributed by atoms with van der Waals surface area (Å²) in [6.07, 6.45) is 4.09. The molecular weight excluding hydrogens is 306 g/mol. The number of hydrogen-bond acceptors (Lipinski definition) is 4. The molecule has 1 saturated heterocycles. The molecule has 2 atom stereocenters. The number of benzene rings is 1. The fraction of sp³-hybridized carbons (Fsp3) is 0.444. The molecule has 3 rings (SSSR count). The zero-order chi connectivity index (χ0) is 17.1. The van der Waals surface area contributed by atoms with E-state index >= 15 is 0 Å². The highest BCUT2D eigenvalue weighted by atomic mass is 16.5. The number of carbonyl (C=O) groups excluding carboxylic acids is 1. The molecule has 1 aliphatic heterocycles. The summed E-state index contributed by atoms with van der Waals surface area (Å²) in [5.74, 6) is 0.656. The van der Waals surface area contributed by atoms with Crippen molar-refractivity contribution in [3.05, 3.63) is 42.2 Å². The Labute approximate surface area is 141 Å². The van der Waals surface area contributed by atoms with Crippen LogP contribution in [0.25, 0.3) is 5.69 Å². The molecule has 0 saturated carbocycles. The molecule has 1 aromatic carbocycles. The first-order valence-corrected chi connectivity index (χ1v) is 8.29. The molecular formula is C18H23N3O3. The average Bonchev–Trinajstić information content (AvgIpc) is 3.11. The maximum Gasteiger partial charge on any atom is 0.274 e. The van der Waals surface area contributed by atoms with Crippen molar-refractivity contribution in [2.45, 2.75) is 38.3 Å². The molecule has 0 radical (unpaired) electrons. The second kappa shape index (κ2) is 7.05. The van der Waals surface area contributed by atoms with Crippen LogP contribution in [0.2, 0.25) is 0 Å². The number of amides is 1. The van der Waals surface area contributed by atoms with Crippen molar-refractivity contribution in [1.82, 2.24) is 14.7 Å². The minimum absolute atomic E-state index is 0.118. The van der Waals surface area contributed by atoms with Gasteiger partial charge in [-0.1, -0.05) is 0 Å². The molecule has 1 aromatic heterocycles. The number of likely N-dealkylation sites (tertiary alicyclic amines) is 1. The molecule has 1 N–H and O–H groups in total. The number of ether oxygens (including phenoxy) is 1. The number of methoxy groups -OCH3 is 1. The Balaban J connectivity index is 1.79. The summed E-state index contributed by atoms with van der Waals surface area (Å²) in [6.45, 7) is 2.41. The third-order valence-electron chi connectivity index (χ3n) is 4.51. The van der Waals surface area contributed by atoms with E-state index in [1.807, 2.05) is 24.3 Å². The molecule has 24 heavy (non-hydrogen) atoms. The molecule has 1 aliphatic rings. The van der Waals surface area contributed by atoms with Gasteiger partial charge in [0.2, 0.25) is 0 Å². The fourth-order valence-electron chi connectivity index (χ4n) is 3.17. The number of nitrogens with zero attached hydrogens (tertiary/aromatic N) is 3. The molecule has 0 bridgehead atoms. The normalized spacial score (nSPS) is 19.1. The molecule has 6 nitrogen and oxygen atoms in total. The number of carbonyl (C=O) groups is 1. The van der Waals surface area contributed by atoms with Gasteiger partial charge in [0.1, 0.15) is 5.75 Å². The van der Waals surface area contributed by atoms with Crippen LogP contribution >= 0.6 is 0 Å². The molecule has 0 aliphatic carbocycles. The average molecular weight is 329 g/mol.